The van der Waals surface area contributed by atoms with Crippen molar-refractivity contribution in [1.82, 2.24) is 5.16 Å². The van der Waals surface area contributed by atoms with Gasteiger partial charge in [0.2, 0.25) is 5.91 Å². The maximum Gasteiger partial charge on any atom is 0.230 e. The van der Waals surface area contributed by atoms with Gasteiger partial charge < -0.3 is 14.6 Å². The van der Waals surface area contributed by atoms with Crippen molar-refractivity contribution in [3.8, 4) is 5.75 Å². The number of benzene rings is 1. The predicted molar refractivity (Wildman–Crippen MR) is 66.5 cm³/mol. The fourth-order valence-corrected chi connectivity index (χ4v) is 1.62. The standard InChI is InChI=1S/C13H13FN2O3/c1-8-5-12(16-19-8)15-13(17)7-9-3-4-11(18-2)10(14)6-9/h3-6H,7H2,1-2H3,(H,15,16,17). The maximum atomic E-state index is 13.4. The van der Waals surface area contributed by atoms with Crippen molar-refractivity contribution in [2.45, 2.75) is 13.3 Å². The van der Waals surface area contributed by atoms with Gasteiger partial charge in [0, 0.05) is 6.07 Å². The number of aryl methyl sites for hydroxylation is 1. The topological polar surface area (TPSA) is 64.4 Å². The minimum absolute atomic E-state index is 0.0484. The molecule has 6 heteroatoms. The maximum absolute atomic E-state index is 13.4. The average molecular weight is 264 g/mol. The quantitative estimate of drug-likeness (QED) is 0.920. The van der Waals surface area contributed by atoms with E-state index in [9.17, 15) is 9.18 Å². The molecule has 0 radical (unpaired) electrons. The lowest BCUT2D eigenvalue weighted by Crippen LogP contribution is -2.14. The average Bonchev–Trinajstić information content (AvgIpc) is 2.74. The number of nitrogens with one attached hydrogen (secondary N) is 1. The Labute approximate surface area is 109 Å². The molecule has 0 atom stereocenters. The summed E-state index contributed by atoms with van der Waals surface area (Å²) < 4.78 is 23.1. The summed E-state index contributed by atoms with van der Waals surface area (Å²) in [6.45, 7) is 1.72. The summed E-state index contributed by atoms with van der Waals surface area (Å²) >= 11 is 0. The third-order valence-electron chi connectivity index (χ3n) is 2.48. The lowest BCUT2D eigenvalue weighted by atomic mass is 10.1. The fraction of sp³-hybridized carbons (Fsp3) is 0.231. The van der Waals surface area contributed by atoms with Crippen LogP contribution in [-0.2, 0) is 11.2 Å². The van der Waals surface area contributed by atoms with Gasteiger partial charge >= 0.3 is 0 Å². The van der Waals surface area contributed by atoms with Gasteiger partial charge in [0.15, 0.2) is 17.4 Å². The Kier molecular flexibility index (Phi) is 3.79. The third kappa shape index (κ3) is 3.31. The van der Waals surface area contributed by atoms with Gasteiger partial charge in [-0.3, -0.25) is 4.79 Å². The molecule has 2 aromatic rings. The van der Waals surface area contributed by atoms with Gasteiger partial charge in [0.25, 0.3) is 0 Å². The molecule has 0 saturated heterocycles. The lowest BCUT2D eigenvalue weighted by Gasteiger charge is -2.05. The molecule has 0 bridgehead atoms. The van der Waals surface area contributed by atoms with E-state index in [4.69, 9.17) is 9.26 Å². The SMILES string of the molecule is COc1ccc(CC(=O)Nc2cc(C)on2)cc1F. The fourth-order valence-electron chi connectivity index (χ4n) is 1.62. The predicted octanol–water partition coefficient (Wildman–Crippen LogP) is 2.31. The Balaban J connectivity index is 2.00. The smallest absolute Gasteiger partial charge is 0.230 e. The number of carbonyl (C=O) groups is 1. The van der Waals surface area contributed by atoms with Crippen molar-refractivity contribution in [3.05, 3.63) is 41.4 Å². The van der Waals surface area contributed by atoms with E-state index < -0.39 is 5.82 Å². The molecule has 1 aromatic carbocycles. The molecule has 1 N–H and O–H groups in total. The van der Waals surface area contributed by atoms with Crippen LogP contribution in [0.2, 0.25) is 0 Å². The van der Waals surface area contributed by atoms with Gasteiger partial charge in [-0.25, -0.2) is 4.39 Å². The summed E-state index contributed by atoms with van der Waals surface area (Å²) in [6, 6.07) is 5.99. The second kappa shape index (κ2) is 5.51. The number of hydrogen-bond donors (Lipinski definition) is 1. The highest BCUT2D eigenvalue weighted by Gasteiger charge is 2.09. The molecule has 0 aliphatic carbocycles. The number of nitrogens with zero attached hydrogens (tertiary/aromatic N) is 1. The van der Waals surface area contributed by atoms with Gasteiger partial charge in [0.05, 0.1) is 13.5 Å². The molecule has 0 saturated carbocycles. The van der Waals surface area contributed by atoms with Crippen LogP contribution in [0.3, 0.4) is 0 Å². The zero-order valence-electron chi connectivity index (χ0n) is 10.6. The summed E-state index contributed by atoms with van der Waals surface area (Å²) in [5.74, 6) is 0.307. The normalized spacial score (nSPS) is 10.3. The number of aromatic nitrogens is 1. The lowest BCUT2D eigenvalue weighted by molar-refractivity contribution is -0.115. The summed E-state index contributed by atoms with van der Waals surface area (Å²) in [5.41, 5.74) is 0.552. The molecule has 1 aromatic heterocycles. The van der Waals surface area contributed by atoms with E-state index in [1.165, 1.54) is 19.2 Å². The van der Waals surface area contributed by atoms with Crippen molar-refractivity contribution in [2.24, 2.45) is 0 Å². The van der Waals surface area contributed by atoms with E-state index in [0.717, 1.165) is 0 Å². The monoisotopic (exact) mass is 264 g/mol. The number of carbonyl (C=O) groups excluding carboxylic acids is 1. The van der Waals surface area contributed by atoms with Crippen molar-refractivity contribution in [3.63, 3.8) is 0 Å². The molecule has 0 aliphatic heterocycles. The highest BCUT2D eigenvalue weighted by Crippen LogP contribution is 2.18. The Morgan fingerprint density at radius 3 is 2.84 bits per heavy atom. The Hall–Kier alpha value is -2.37. The van der Waals surface area contributed by atoms with Gasteiger partial charge in [0.1, 0.15) is 5.76 Å². The molecule has 0 fully saturated rings. The Morgan fingerprint density at radius 1 is 1.47 bits per heavy atom. The third-order valence-corrected chi connectivity index (χ3v) is 2.48. The summed E-state index contributed by atoms with van der Waals surface area (Å²) in [7, 11) is 1.39. The summed E-state index contributed by atoms with van der Waals surface area (Å²) in [5, 5.41) is 6.20. The molecule has 2 rings (SSSR count). The van der Waals surface area contributed by atoms with Gasteiger partial charge in [-0.1, -0.05) is 11.2 Å². The zero-order chi connectivity index (χ0) is 13.8. The minimum Gasteiger partial charge on any atom is -0.494 e. The number of halogens is 1. The molecule has 1 heterocycles. The van der Waals surface area contributed by atoms with Crippen LogP contribution in [0.25, 0.3) is 0 Å². The number of ether oxygens (including phenoxy) is 1. The van der Waals surface area contributed by atoms with Crippen LogP contribution in [0.15, 0.2) is 28.8 Å². The Morgan fingerprint density at radius 2 is 2.26 bits per heavy atom. The second-order valence-electron chi connectivity index (χ2n) is 4.02. The number of hydrogen-bond acceptors (Lipinski definition) is 4. The van der Waals surface area contributed by atoms with Crippen molar-refractivity contribution in [2.75, 3.05) is 12.4 Å². The molecule has 5 nitrogen and oxygen atoms in total. The first kappa shape index (κ1) is 13.1. The molecule has 1 amide bonds. The number of amides is 1. The van der Waals surface area contributed by atoms with Crippen LogP contribution in [0.5, 0.6) is 5.75 Å². The van der Waals surface area contributed by atoms with Crippen LogP contribution < -0.4 is 10.1 Å². The van der Waals surface area contributed by atoms with Crippen LogP contribution in [0, 0.1) is 12.7 Å². The molecule has 0 unspecified atom stereocenters. The number of rotatable bonds is 4. The van der Waals surface area contributed by atoms with Gasteiger partial charge in [-0.15, -0.1) is 0 Å². The first-order chi connectivity index (χ1) is 9.08. The largest absolute Gasteiger partial charge is 0.494 e. The second-order valence-corrected chi connectivity index (χ2v) is 4.02. The molecule has 100 valence electrons. The molecular weight excluding hydrogens is 251 g/mol. The minimum atomic E-state index is -0.495. The van der Waals surface area contributed by atoms with Gasteiger partial charge in [-0.05, 0) is 24.6 Å². The molecular formula is C13H13FN2O3. The van der Waals surface area contributed by atoms with Crippen molar-refractivity contribution >= 4 is 11.7 Å². The van der Waals surface area contributed by atoms with Crippen LogP contribution in [0.1, 0.15) is 11.3 Å². The highest BCUT2D eigenvalue weighted by atomic mass is 19.1. The molecule has 0 aliphatic rings. The number of methoxy groups -OCH3 is 1. The van der Waals surface area contributed by atoms with Crippen molar-refractivity contribution < 1.29 is 18.4 Å². The first-order valence-electron chi connectivity index (χ1n) is 5.64. The van der Waals surface area contributed by atoms with Crippen LogP contribution in [0.4, 0.5) is 10.2 Å². The summed E-state index contributed by atoms with van der Waals surface area (Å²) in [4.78, 5) is 11.7. The van der Waals surface area contributed by atoms with Crippen LogP contribution >= 0.6 is 0 Å². The van der Waals surface area contributed by atoms with E-state index in [2.05, 4.69) is 10.5 Å². The molecule has 0 spiro atoms. The van der Waals surface area contributed by atoms with Crippen molar-refractivity contribution in [1.29, 1.82) is 0 Å². The van der Waals surface area contributed by atoms with E-state index in [1.54, 1.807) is 19.1 Å². The highest BCUT2D eigenvalue weighted by molar-refractivity contribution is 5.91. The van der Waals surface area contributed by atoms with Gasteiger partial charge in [-0.2, -0.15) is 0 Å². The summed E-state index contributed by atoms with van der Waals surface area (Å²) in [6.07, 6.45) is 0.0484. The number of anilines is 1. The van der Waals surface area contributed by atoms with E-state index >= 15 is 0 Å². The van der Waals surface area contributed by atoms with E-state index in [0.29, 0.717) is 17.1 Å². The van der Waals surface area contributed by atoms with E-state index in [-0.39, 0.29) is 18.1 Å². The molecule has 19 heavy (non-hydrogen) atoms. The van der Waals surface area contributed by atoms with E-state index in [1.807, 2.05) is 0 Å². The van der Waals surface area contributed by atoms with Crippen LogP contribution in [-0.4, -0.2) is 18.2 Å². The first-order valence-corrected chi connectivity index (χ1v) is 5.64. The zero-order valence-corrected chi connectivity index (χ0v) is 10.6. The Bertz CT molecular complexity index is 595.